The van der Waals surface area contributed by atoms with Crippen molar-refractivity contribution < 1.29 is 14.3 Å². The van der Waals surface area contributed by atoms with Crippen LogP contribution in [0.3, 0.4) is 0 Å². The zero-order chi connectivity index (χ0) is 17.8. The molecule has 1 aliphatic heterocycles. The van der Waals surface area contributed by atoms with Gasteiger partial charge < -0.3 is 15.4 Å². The number of amides is 2. The molecule has 1 saturated heterocycles. The molecule has 2 heterocycles. The molecule has 0 aliphatic carbocycles. The molecule has 0 spiro atoms. The fourth-order valence-corrected chi connectivity index (χ4v) is 2.98. The van der Waals surface area contributed by atoms with Crippen molar-refractivity contribution in [2.24, 2.45) is 11.7 Å². The second kappa shape index (κ2) is 7.48. The third kappa shape index (κ3) is 3.71. The number of rotatable bonds is 6. The number of nitrogens with two attached hydrogens (primary N) is 1. The summed E-state index contributed by atoms with van der Waals surface area (Å²) in [4.78, 5) is 26.3. The van der Waals surface area contributed by atoms with Gasteiger partial charge in [0.05, 0.1) is 12.3 Å². The maximum absolute atomic E-state index is 12.8. The minimum atomic E-state index is -0.623. The van der Waals surface area contributed by atoms with Gasteiger partial charge in [-0.15, -0.1) is 0 Å². The van der Waals surface area contributed by atoms with Crippen LogP contribution in [0.25, 0.3) is 5.69 Å². The SMILES string of the molecule is CCN(CC1CCOC1)C(=O)c1cc(C(N)=O)n(-c2ccccc2)n1. The van der Waals surface area contributed by atoms with Gasteiger partial charge in [-0.25, -0.2) is 4.68 Å². The maximum atomic E-state index is 12.8. The Kier molecular flexibility index (Phi) is 5.14. The standard InChI is InChI=1S/C18H22N4O3/c1-2-21(11-13-8-9-25-12-13)18(24)15-10-16(17(19)23)22(20-15)14-6-4-3-5-7-14/h3-7,10,13H,2,8-9,11-12H2,1H3,(H2,19,23). The van der Waals surface area contributed by atoms with Crippen LogP contribution >= 0.6 is 0 Å². The van der Waals surface area contributed by atoms with Crippen LogP contribution in [0.15, 0.2) is 36.4 Å². The molecule has 2 aromatic rings. The molecule has 2 amide bonds. The van der Waals surface area contributed by atoms with E-state index in [1.807, 2.05) is 25.1 Å². The molecule has 1 unspecified atom stereocenters. The van der Waals surface area contributed by atoms with Crippen LogP contribution in [0.1, 0.15) is 34.3 Å². The monoisotopic (exact) mass is 342 g/mol. The van der Waals surface area contributed by atoms with Gasteiger partial charge in [0, 0.05) is 31.7 Å². The highest BCUT2D eigenvalue weighted by Crippen LogP contribution is 2.17. The van der Waals surface area contributed by atoms with Crippen LogP contribution in [0.5, 0.6) is 0 Å². The summed E-state index contributed by atoms with van der Waals surface area (Å²) >= 11 is 0. The number of para-hydroxylation sites is 1. The minimum Gasteiger partial charge on any atom is -0.381 e. The molecular formula is C18H22N4O3. The van der Waals surface area contributed by atoms with Crippen LogP contribution in [-0.2, 0) is 4.74 Å². The maximum Gasteiger partial charge on any atom is 0.274 e. The molecule has 0 radical (unpaired) electrons. The van der Waals surface area contributed by atoms with Crippen molar-refractivity contribution in [1.82, 2.24) is 14.7 Å². The number of carbonyl (C=O) groups is 2. The normalized spacial score (nSPS) is 16.8. The van der Waals surface area contributed by atoms with Crippen molar-refractivity contribution in [3.05, 3.63) is 47.8 Å². The summed E-state index contributed by atoms with van der Waals surface area (Å²) in [6, 6.07) is 10.6. The molecule has 1 aromatic carbocycles. The van der Waals surface area contributed by atoms with E-state index in [1.165, 1.54) is 10.7 Å². The Balaban J connectivity index is 1.88. The Hall–Kier alpha value is -2.67. The second-order valence-electron chi connectivity index (χ2n) is 6.10. The van der Waals surface area contributed by atoms with E-state index in [1.54, 1.807) is 17.0 Å². The fraction of sp³-hybridized carbons (Fsp3) is 0.389. The molecular weight excluding hydrogens is 320 g/mol. The zero-order valence-electron chi connectivity index (χ0n) is 14.2. The first-order valence-corrected chi connectivity index (χ1v) is 8.42. The molecule has 1 atom stereocenters. The Morgan fingerprint density at radius 2 is 2.12 bits per heavy atom. The van der Waals surface area contributed by atoms with Crippen LogP contribution < -0.4 is 5.73 Å². The van der Waals surface area contributed by atoms with E-state index in [0.29, 0.717) is 31.3 Å². The number of primary amides is 1. The minimum absolute atomic E-state index is 0.190. The lowest BCUT2D eigenvalue weighted by atomic mass is 10.1. The fourth-order valence-electron chi connectivity index (χ4n) is 2.98. The van der Waals surface area contributed by atoms with Gasteiger partial charge in [-0.2, -0.15) is 5.10 Å². The highest BCUT2D eigenvalue weighted by atomic mass is 16.5. The number of hydrogen-bond donors (Lipinski definition) is 1. The van der Waals surface area contributed by atoms with Crippen molar-refractivity contribution in [3.63, 3.8) is 0 Å². The largest absolute Gasteiger partial charge is 0.381 e. The summed E-state index contributed by atoms with van der Waals surface area (Å²) in [5.41, 5.74) is 6.56. The Labute approximate surface area is 146 Å². The Morgan fingerprint density at radius 1 is 1.36 bits per heavy atom. The molecule has 3 rings (SSSR count). The highest BCUT2D eigenvalue weighted by Gasteiger charge is 2.25. The van der Waals surface area contributed by atoms with Crippen LogP contribution in [-0.4, -0.2) is 52.8 Å². The van der Waals surface area contributed by atoms with E-state index >= 15 is 0 Å². The second-order valence-corrected chi connectivity index (χ2v) is 6.10. The van der Waals surface area contributed by atoms with Gasteiger partial charge in [0.15, 0.2) is 5.69 Å². The number of nitrogens with zero attached hydrogens (tertiary/aromatic N) is 3. The highest BCUT2D eigenvalue weighted by molar-refractivity contribution is 5.97. The predicted molar refractivity (Wildman–Crippen MR) is 92.6 cm³/mol. The molecule has 1 aliphatic rings. The summed E-state index contributed by atoms with van der Waals surface area (Å²) in [6.07, 6.45) is 0.953. The van der Waals surface area contributed by atoms with Crippen molar-refractivity contribution in [2.45, 2.75) is 13.3 Å². The van der Waals surface area contributed by atoms with Crippen molar-refractivity contribution in [3.8, 4) is 5.69 Å². The van der Waals surface area contributed by atoms with Gasteiger partial charge in [0.2, 0.25) is 0 Å². The van der Waals surface area contributed by atoms with Crippen molar-refractivity contribution in [2.75, 3.05) is 26.3 Å². The first-order valence-electron chi connectivity index (χ1n) is 8.42. The quantitative estimate of drug-likeness (QED) is 0.861. The van der Waals surface area contributed by atoms with Crippen LogP contribution in [0, 0.1) is 5.92 Å². The summed E-state index contributed by atoms with van der Waals surface area (Å²) in [5.74, 6) is -0.482. The van der Waals surface area contributed by atoms with Gasteiger partial charge in [0.1, 0.15) is 5.69 Å². The zero-order valence-corrected chi connectivity index (χ0v) is 14.2. The molecule has 2 N–H and O–H groups in total. The topological polar surface area (TPSA) is 90.5 Å². The molecule has 132 valence electrons. The first-order chi connectivity index (χ1) is 12.1. The smallest absolute Gasteiger partial charge is 0.274 e. The summed E-state index contributed by atoms with van der Waals surface area (Å²) in [5, 5.41) is 4.34. The van der Waals surface area contributed by atoms with Crippen LogP contribution in [0.4, 0.5) is 0 Å². The molecule has 0 saturated carbocycles. The van der Waals surface area contributed by atoms with Gasteiger partial charge >= 0.3 is 0 Å². The molecule has 7 nitrogen and oxygen atoms in total. The first kappa shape index (κ1) is 17.2. The molecule has 7 heteroatoms. The third-order valence-electron chi connectivity index (χ3n) is 4.35. The average molecular weight is 342 g/mol. The number of benzene rings is 1. The Morgan fingerprint density at radius 3 is 2.72 bits per heavy atom. The lowest BCUT2D eigenvalue weighted by molar-refractivity contribution is 0.0724. The van der Waals surface area contributed by atoms with Gasteiger partial charge in [-0.3, -0.25) is 9.59 Å². The molecule has 0 bridgehead atoms. The van der Waals surface area contributed by atoms with Crippen molar-refractivity contribution >= 4 is 11.8 Å². The molecule has 25 heavy (non-hydrogen) atoms. The molecule has 1 aromatic heterocycles. The average Bonchev–Trinajstić information content (AvgIpc) is 3.29. The van der Waals surface area contributed by atoms with Gasteiger partial charge in [0.25, 0.3) is 11.8 Å². The number of aromatic nitrogens is 2. The predicted octanol–water partition coefficient (Wildman–Crippen LogP) is 1.47. The summed E-state index contributed by atoms with van der Waals surface area (Å²) in [7, 11) is 0. The van der Waals surface area contributed by atoms with E-state index in [0.717, 1.165) is 13.0 Å². The number of ether oxygens (including phenoxy) is 1. The van der Waals surface area contributed by atoms with Gasteiger partial charge in [-0.1, -0.05) is 18.2 Å². The van der Waals surface area contributed by atoms with Gasteiger partial charge in [-0.05, 0) is 25.5 Å². The lowest BCUT2D eigenvalue weighted by Crippen LogP contribution is -2.35. The van der Waals surface area contributed by atoms with E-state index < -0.39 is 5.91 Å². The van der Waals surface area contributed by atoms with E-state index in [2.05, 4.69) is 5.10 Å². The molecule has 1 fully saturated rings. The van der Waals surface area contributed by atoms with E-state index in [4.69, 9.17) is 10.5 Å². The number of hydrogen-bond acceptors (Lipinski definition) is 4. The number of carbonyl (C=O) groups excluding carboxylic acids is 2. The summed E-state index contributed by atoms with van der Waals surface area (Å²) < 4.78 is 6.80. The third-order valence-corrected chi connectivity index (χ3v) is 4.35. The lowest BCUT2D eigenvalue weighted by Gasteiger charge is -2.22. The van der Waals surface area contributed by atoms with E-state index in [-0.39, 0.29) is 17.3 Å². The summed E-state index contributed by atoms with van der Waals surface area (Å²) in [6.45, 7) is 4.54. The van der Waals surface area contributed by atoms with E-state index in [9.17, 15) is 9.59 Å². The van der Waals surface area contributed by atoms with Crippen molar-refractivity contribution in [1.29, 1.82) is 0 Å². The van der Waals surface area contributed by atoms with Crippen LogP contribution in [0.2, 0.25) is 0 Å². The Bertz CT molecular complexity index is 751.